The maximum Gasteiger partial charge on any atom is 0.290 e. The first-order valence-electron chi connectivity index (χ1n) is 10.7. The van der Waals surface area contributed by atoms with Crippen LogP contribution in [0.5, 0.6) is 11.5 Å². The minimum Gasteiger partial charge on any atom is -0.503 e. The molecule has 1 aliphatic heterocycles. The van der Waals surface area contributed by atoms with Gasteiger partial charge in [-0.15, -0.1) is 0 Å². The van der Waals surface area contributed by atoms with Crippen LogP contribution in [0.3, 0.4) is 0 Å². The lowest BCUT2D eigenvalue weighted by molar-refractivity contribution is -0.129. The number of fused-ring (bicyclic) bond motifs is 1. The van der Waals surface area contributed by atoms with Crippen molar-refractivity contribution in [2.45, 2.75) is 26.3 Å². The van der Waals surface area contributed by atoms with E-state index in [0.29, 0.717) is 52.6 Å². The van der Waals surface area contributed by atoms with E-state index in [9.17, 15) is 14.7 Å². The fraction of sp³-hybridized carbons (Fsp3) is 0.280. The van der Waals surface area contributed by atoms with E-state index in [4.69, 9.17) is 25.5 Å². The van der Waals surface area contributed by atoms with E-state index in [-0.39, 0.29) is 11.3 Å². The summed E-state index contributed by atoms with van der Waals surface area (Å²) in [5.41, 5.74) is 1.07. The van der Waals surface area contributed by atoms with Crippen LogP contribution in [0.25, 0.3) is 11.0 Å². The van der Waals surface area contributed by atoms with Gasteiger partial charge in [-0.2, -0.15) is 0 Å². The van der Waals surface area contributed by atoms with Gasteiger partial charge in [0.25, 0.3) is 5.91 Å². The monoisotopic (exact) mass is 469 g/mol. The predicted molar refractivity (Wildman–Crippen MR) is 124 cm³/mol. The Balaban J connectivity index is 1.82. The minimum absolute atomic E-state index is 0.0171. The van der Waals surface area contributed by atoms with Gasteiger partial charge >= 0.3 is 0 Å². The topological polar surface area (TPSA) is 89.2 Å². The summed E-state index contributed by atoms with van der Waals surface area (Å²) in [6, 6.07) is 11.0. The van der Waals surface area contributed by atoms with Gasteiger partial charge in [0.1, 0.15) is 5.58 Å². The summed E-state index contributed by atoms with van der Waals surface area (Å²) in [5.74, 6) is -0.710. The molecule has 2 aromatic carbocycles. The quantitative estimate of drug-likeness (QED) is 0.439. The van der Waals surface area contributed by atoms with Crippen LogP contribution in [0.15, 0.2) is 58.2 Å². The number of nitrogens with zero attached hydrogens (tertiary/aromatic N) is 1. The largest absolute Gasteiger partial charge is 0.503 e. The van der Waals surface area contributed by atoms with Gasteiger partial charge in [0.05, 0.1) is 25.3 Å². The van der Waals surface area contributed by atoms with E-state index >= 15 is 0 Å². The Hall–Kier alpha value is -3.45. The molecule has 2 heterocycles. The number of carbonyl (C=O) groups is 2. The molecule has 1 atom stereocenters. The van der Waals surface area contributed by atoms with Crippen molar-refractivity contribution in [3.8, 4) is 11.5 Å². The number of carbonyl (C=O) groups excluding carboxylic acids is 2. The normalized spacial score (nSPS) is 16.1. The average molecular weight is 470 g/mol. The summed E-state index contributed by atoms with van der Waals surface area (Å²) in [7, 11) is 1.54. The SMILES string of the molecule is CCCN1C(=O)C(O)=C(C(=O)c2cc3cc(Cl)ccc3o2)C1c1ccc(OC)c(OCC)c1. The molecule has 1 N–H and O–H groups in total. The molecule has 0 fully saturated rings. The number of halogens is 1. The smallest absolute Gasteiger partial charge is 0.290 e. The molecule has 0 radical (unpaired) electrons. The number of Topliss-reactive ketones (excluding diaryl/α,β-unsaturated/α-hetero) is 1. The van der Waals surface area contributed by atoms with Crippen molar-refractivity contribution in [2.24, 2.45) is 0 Å². The Bertz CT molecular complexity index is 1260. The molecule has 1 aromatic heterocycles. The van der Waals surface area contributed by atoms with E-state index in [2.05, 4.69) is 0 Å². The number of ether oxygens (including phenoxy) is 2. The second-order valence-corrected chi connectivity index (χ2v) is 8.07. The lowest BCUT2D eigenvalue weighted by atomic mass is 9.94. The van der Waals surface area contributed by atoms with E-state index < -0.39 is 23.5 Å². The zero-order valence-corrected chi connectivity index (χ0v) is 19.3. The fourth-order valence-electron chi connectivity index (χ4n) is 4.09. The Kier molecular flexibility index (Phi) is 6.33. The molecule has 1 aliphatic rings. The zero-order chi connectivity index (χ0) is 23.7. The van der Waals surface area contributed by atoms with Crippen molar-refractivity contribution >= 4 is 34.3 Å². The van der Waals surface area contributed by atoms with Crippen molar-refractivity contribution in [1.29, 1.82) is 0 Å². The number of aliphatic hydroxyl groups is 1. The van der Waals surface area contributed by atoms with Gasteiger partial charge in [-0.05, 0) is 55.3 Å². The van der Waals surface area contributed by atoms with Crippen molar-refractivity contribution in [1.82, 2.24) is 4.90 Å². The lowest BCUT2D eigenvalue weighted by Gasteiger charge is -2.26. The van der Waals surface area contributed by atoms with E-state index in [1.807, 2.05) is 13.8 Å². The molecule has 0 spiro atoms. The standard InChI is InChI=1S/C25H24ClNO6/c1-4-10-27-22(14-6-8-18(31-3)19(12-14)32-5-2)21(24(29)25(27)30)23(28)20-13-15-11-16(26)7-9-17(15)33-20/h6-9,11-13,22,29H,4-5,10H2,1-3H3. The first kappa shape index (κ1) is 22.7. The van der Waals surface area contributed by atoms with Crippen LogP contribution < -0.4 is 9.47 Å². The number of hydrogen-bond donors (Lipinski definition) is 1. The Morgan fingerprint density at radius 2 is 1.94 bits per heavy atom. The molecule has 3 aromatic rings. The highest BCUT2D eigenvalue weighted by atomic mass is 35.5. The van der Waals surface area contributed by atoms with Crippen LogP contribution in [0.2, 0.25) is 5.02 Å². The predicted octanol–water partition coefficient (Wildman–Crippen LogP) is 5.48. The van der Waals surface area contributed by atoms with Gasteiger partial charge in [0.15, 0.2) is 23.0 Å². The zero-order valence-electron chi connectivity index (χ0n) is 18.6. The molecule has 4 rings (SSSR count). The highest BCUT2D eigenvalue weighted by Gasteiger charge is 2.44. The number of furan rings is 1. The molecule has 1 amide bonds. The molecule has 0 bridgehead atoms. The highest BCUT2D eigenvalue weighted by Crippen LogP contribution is 2.42. The summed E-state index contributed by atoms with van der Waals surface area (Å²) >= 11 is 6.05. The maximum absolute atomic E-state index is 13.5. The Morgan fingerprint density at radius 1 is 1.15 bits per heavy atom. The van der Waals surface area contributed by atoms with E-state index in [1.165, 1.54) is 12.0 Å². The van der Waals surface area contributed by atoms with Crippen LogP contribution in [0, 0.1) is 0 Å². The van der Waals surface area contributed by atoms with Crippen molar-refractivity contribution in [2.75, 3.05) is 20.3 Å². The van der Waals surface area contributed by atoms with Crippen LogP contribution in [-0.2, 0) is 4.79 Å². The third-order valence-corrected chi connectivity index (χ3v) is 5.75. The maximum atomic E-state index is 13.5. The number of amides is 1. The van der Waals surface area contributed by atoms with Gasteiger partial charge < -0.3 is 23.9 Å². The number of aliphatic hydroxyl groups excluding tert-OH is 1. The minimum atomic E-state index is -0.799. The summed E-state index contributed by atoms with van der Waals surface area (Å²) in [6.45, 7) is 4.54. The van der Waals surface area contributed by atoms with Crippen molar-refractivity contribution in [3.05, 3.63) is 70.1 Å². The summed E-state index contributed by atoms with van der Waals surface area (Å²) in [6.07, 6.45) is 0.647. The fourth-order valence-corrected chi connectivity index (χ4v) is 4.27. The molecule has 8 heteroatoms. The molecular formula is C25H24ClNO6. The molecular weight excluding hydrogens is 446 g/mol. The van der Waals surface area contributed by atoms with Crippen LogP contribution in [0.1, 0.15) is 42.4 Å². The molecule has 172 valence electrons. The molecule has 0 saturated carbocycles. The first-order valence-corrected chi connectivity index (χ1v) is 11.1. The van der Waals surface area contributed by atoms with Gasteiger partial charge in [-0.3, -0.25) is 9.59 Å². The molecule has 0 saturated heterocycles. The van der Waals surface area contributed by atoms with Crippen LogP contribution in [0.4, 0.5) is 0 Å². The third-order valence-electron chi connectivity index (χ3n) is 5.52. The lowest BCUT2D eigenvalue weighted by Crippen LogP contribution is -2.31. The van der Waals surface area contributed by atoms with Gasteiger partial charge in [-0.1, -0.05) is 24.6 Å². The van der Waals surface area contributed by atoms with Crippen LogP contribution >= 0.6 is 11.6 Å². The number of benzene rings is 2. The highest BCUT2D eigenvalue weighted by molar-refractivity contribution is 6.31. The van der Waals surface area contributed by atoms with E-state index in [0.717, 1.165) is 0 Å². The second kappa shape index (κ2) is 9.19. The molecule has 1 unspecified atom stereocenters. The van der Waals surface area contributed by atoms with Crippen molar-refractivity contribution < 1.29 is 28.6 Å². The summed E-state index contributed by atoms with van der Waals surface area (Å²) < 4.78 is 16.8. The van der Waals surface area contributed by atoms with Gasteiger partial charge in [-0.25, -0.2) is 0 Å². The Morgan fingerprint density at radius 3 is 2.64 bits per heavy atom. The Labute approximate surface area is 196 Å². The van der Waals surface area contributed by atoms with Crippen LogP contribution in [-0.4, -0.2) is 42.0 Å². The number of rotatable bonds is 8. The summed E-state index contributed by atoms with van der Waals surface area (Å²) in [4.78, 5) is 28.0. The second-order valence-electron chi connectivity index (χ2n) is 7.63. The van der Waals surface area contributed by atoms with Crippen molar-refractivity contribution in [3.63, 3.8) is 0 Å². The number of methoxy groups -OCH3 is 1. The number of hydrogen-bond acceptors (Lipinski definition) is 6. The molecule has 7 nitrogen and oxygen atoms in total. The average Bonchev–Trinajstić information content (AvgIpc) is 3.33. The third kappa shape index (κ3) is 4.04. The summed E-state index contributed by atoms with van der Waals surface area (Å²) in [5, 5.41) is 11.9. The van der Waals surface area contributed by atoms with E-state index in [1.54, 1.807) is 42.5 Å². The number of ketones is 1. The van der Waals surface area contributed by atoms with Gasteiger partial charge in [0.2, 0.25) is 5.78 Å². The first-order chi connectivity index (χ1) is 15.9. The van der Waals surface area contributed by atoms with Gasteiger partial charge in [0, 0.05) is 17.0 Å². The molecule has 0 aliphatic carbocycles. The molecule has 33 heavy (non-hydrogen) atoms.